The van der Waals surface area contributed by atoms with Crippen LogP contribution in [0.1, 0.15) is 12.8 Å². The van der Waals surface area contributed by atoms with Crippen LogP contribution in [-0.2, 0) is 31.2 Å². The zero-order valence-electron chi connectivity index (χ0n) is 7.64. The Hall–Kier alpha value is -1.16. The van der Waals surface area contributed by atoms with Crippen LogP contribution in [0.3, 0.4) is 0 Å². The number of hydrogen-bond donors (Lipinski definition) is 2. The first-order valence-corrected chi connectivity index (χ1v) is 3.11. The first-order valence-electron chi connectivity index (χ1n) is 3.11. The van der Waals surface area contributed by atoms with Gasteiger partial charge in [-0.2, -0.15) is 0 Å². The average Bonchev–Trinajstić information content (AvgIpc) is 1.82. The van der Waals surface area contributed by atoms with E-state index in [1.807, 2.05) is 0 Å². The fraction of sp³-hybridized carbons (Fsp3) is 0.500. The Balaban J connectivity index is -0.000000720. The van der Waals surface area contributed by atoms with Gasteiger partial charge in [0.25, 0.3) is 0 Å². The van der Waals surface area contributed by atoms with Crippen molar-refractivity contribution < 1.29 is 51.6 Å². The van der Waals surface area contributed by atoms with Crippen LogP contribution >= 0.6 is 0 Å². The summed E-state index contributed by atoms with van der Waals surface area (Å²) in [6.45, 7) is 0. The maximum atomic E-state index is 10.1. The summed E-state index contributed by atoms with van der Waals surface area (Å²) in [6.07, 6.45) is -2.72. The summed E-state index contributed by atoms with van der Waals surface area (Å²) in [5.41, 5.74) is -2.97. The van der Waals surface area contributed by atoms with E-state index in [1.165, 1.54) is 0 Å². The van der Waals surface area contributed by atoms with E-state index in [0.717, 1.165) is 0 Å². The van der Waals surface area contributed by atoms with E-state index in [2.05, 4.69) is 0 Å². The van der Waals surface area contributed by atoms with Crippen LogP contribution in [0.2, 0.25) is 0 Å². The molecule has 0 spiro atoms. The summed E-state index contributed by atoms with van der Waals surface area (Å²) in [5, 5.41) is 38.9. The molecule has 0 unspecified atom stereocenters. The Kier molecular flexibility index (Phi) is 9.28. The monoisotopic (exact) mass is 266 g/mol. The molecule has 0 heterocycles. The zero-order chi connectivity index (χ0) is 10.6. The van der Waals surface area contributed by atoms with Crippen molar-refractivity contribution in [3.05, 3.63) is 0 Å². The topological polar surface area (TPSA) is 177 Å². The van der Waals surface area contributed by atoms with Gasteiger partial charge in [0.1, 0.15) is 5.60 Å². The second kappa shape index (κ2) is 7.17. The molecule has 0 atom stereocenters. The summed E-state index contributed by atoms with van der Waals surface area (Å²) in [5.74, 6) is -5.98. The molecule has 1 radical (unpaired) electrons. The van der Waals surface area contributed by atoms with Gasteiger partial charge < -0.3 is 41.0 Å². The molecular formula is C6H9CoNO7. The van der Waals surface area contributed by atoms with E-state index < -0.39 is 36.4 Å². The van der Waals surface area contributed by atoms with Crippen LogP contribution in [-0.4, -0.2) is 28.6 Å². The SMILES string of the molecule is O=C([O-])CC(O)(CC(=O)[O-])C(=O)[O-].[Co+2].[NH4+]. The second-order valence-corrected chi connectivity index (χ2v) is 2.42. The van der Waals surface area contributed by atoms with Crippen LogP contribution in [0, 0.1) is 0 Å². The molecule has 0 fully saturated rings. The predicted octanol–water partition coefficient (Wildman–Crippen LogP) is -4.88. The summed E-state index contributed by atoms with van der Waals surface area (Å²) in [4.78, 5) is 30.0. The minimum absolute atomic E-state index is 0. The van der Waals surface area contributed by atoms with Gasteiger partial charge in [0.15, 0.2) is 0 Å². The molecule has 0 aliphatic rings. The molecule has 0 saturated carbocycles. The summed E-state index contributed by atoms with van der Waals surface area (Å²) < 4.78 is 0. The summed E-state index contributed by atoms with van der Waals surface area (Å²) >= 11 is 0. The van der Waals surface area contributed by atoms with E-state index in [4.69, 9.17) is 5.11 Å². The summed E-state index contributed by atoms with van der Waals surface area (Å²) in [7, 11) is 0. The van der Waals surface area contributed by atoms with Crippen molar-refractivity contribution in [2.45, 2.75) is 18.4 Å². The van der Waals surface area contributed by atoms with Crippen LogP contribution in [0.25, 0.3) is 0 Å². The average molecular weight is 266 g/mol. The minimum atomic E-state index is -2.97. The van der Waals surface area contributed by atoms with Gasteiger partial charge in [0.2, 0.25) is 0 Å². The molecule has 8 nitrogen and oxygen atoms in total. The maximum Gasteiger partial charge on any atom is 2.00 e. The molecule has 15 heavy (non-hydrogen) atoms. The maximum absolute atomic E-state index is 10.1. The molecule has 0 bridgehead atoms. The van der Waals surface area contributed by atoms with Crippen LogP contribution in [0.15, 0.2) is 0 Å². The number of carbonyl (C=O) groups is 3. The van der Waals surface area contributed by atoms with Crippen molar-refractivity contribution in [1.29, 1.82) is 0 Å². The molecule has 9 heteroatoms. The van der Waals surface area contributed by atoms with Crippen molar-refractivity contribution in [2.75, 3.05) is 0 Å². The van der Waals surface area contributed by atoms with Crippen LogP contribution in [0.5, 0.6) is 0 Å². The van der Waals surface area contributed by atoms with Gasteiger partial charge in [-0.15, -0.1) is 0 Å². The molecular weight excluding hydrogens is 257 g/mol. The smallest absolute Gasteiger partial charge is 0.550 e. The molecule has 0 aromatic carbocycles. The number of quaternary nitrogens is 1. The van der Waals surface area contributed by atoms with Crippen molar-refractivity contribution in [3.63, 3.8) is 0 Å². The predicted molar refractivity (Wildman–Crippen MR) is 35.2 cm³/mol. The Labute approximate surface area is 94.7 Å². The van der Waals surface area contributed by atoms with Gasteiger partial charge in [-0.25, -0.2) is 0 Å². The van der Waals surface area contributed by atoms with E-state index in [9.17, 15) is 29.7 Å². The number of aliphatic carboxylic acids is 3. The Morgan fingerprint density at radius 2 is 1.27 bits per heavy atom. The van der Waals surface area contributed by atoms with E-state index >= 15 is 0 Å². The number of hydrogen-bond acceptors (Lipinski definition) is 7. The third-order valence-corrected chi connectivity index (χ3v) is 1.25. The second-order valence-electron chi connectivity index (χ2n) is 2.42. The number of carboxylic acids is 3. The third kappa shape index (κ3) is 6.85. The van der Waals surface area contributed by atoms with Gasteiger partial charge in [-0.3, -0.25) is 0 Å². The molecule has 0 saturated heterocycles. The number of rotatable bonds is 5. The molecule has 0 rings (SSSR count). The molecule has 0 aliphatic heterocycles. The third-order valence-electron chi connectivity index (χ3n) is 1.25. The van der Waals surface area contributed by atoms with Gasteiger partial charge >= 0.3 is 16.8 Å². The van der Waals surface area contributed by atoms with Gasteiger partial charge in [-0.1, -0.05) is 0 Å². The number of carboxylic acid groups (broad SMARTS) is 3. The molecule has 89 valence electrons. The first kappa shape index (κ1) is 19.4. The standard InChI is InChI=1S/C6H8O7.Co.H3N/c7-3(8)1-6(13,5(11)12)2-4(9)10;;/h13H,1-2H2,(H,7,8)(H,9,10)(H,11,12);;1H3/q;+2;/p-2. The zero-order valence-corrected chi connectivity index (χ0v) is 8.69. The van der Waals surface area contributed by atoms with Crippen LogP contribution < -0.4 is 21.5 Å². The first-order chi connectivity index (χ1) is 5.78. The minimum Gasteiger partial charge on any atom is -0.550 e. The van der Waals surface area contributed by atoms with Gasteiger partial charge in [-0.05, 0) is 0 Å². The Morgan fingerprint density at radius 1 is 1.00 bits per heavy atom. The Bertz CT molecular complexity index is 238. The van der Waals surface area contributed by atoms with Crippen molar-refractivity contribution in [2.24, 2.45) is 0 Å². The molecule has 0 aromatic heterocycles. The van der Waals surface area contributed by atoms with Gasteiger partial charge in [0, 0.05) is 24.8 Å². The Morgan fingerprint density at radius 3 is 1.40 bits per heavy atom. The quantitative estimate of drug-likeness (QED) is 0.500. The molecule has 5 N–H and O–H groups in total. The number of carbonyl (C=O) groups excluding carboxylic acids is 3. The fourth-order valence-electron chi connectivity index (χ4n) is 0.684. The van der Waals surface area contributed by atoms with Crippen molar-refractivity contribution in [1.82, 2.24) is 6.15 Å². The van der Waals surface area contributed by atoms with Crippen molar-refractivity contribution >= 4 is 17.9 Å². The van der Waals surface area contributed by atoms with E-state index in [1.54, 1.807) is 0 Å². The molecule has 0 aliphatic carbocycles. The normalized spacial score (nSPS) is 9.40. The van der Waals surface area contributed by atoms with E-state index in [-0.39, 0.29) is 22.9 Å². The van der Waals surface area contributed by atoms with Crippen molar-refractivity contribution in [3.8, 4) is 0 Å². The molecule has 0 aromatic rings. The molecule has 0 amide bonds. The van der Waals surface area contributed by atoms with Crippen LogP contribution in [0.4, 0.5) is 0 Å². The largest absolute Gasteiger partial charge is 2.00 e. The summed E-state index contributed by atoms with van der Waals surface area (Å²) in [6, 6.07) is 0. The van der Waals surface area contributed by atoms with Gasteiger partial charge in [0.05, 0.1) is 5.97 Å². The fourth-order valence-corrected chi connectivity index (χ4v) is 0.684. The number of aliphatic hydroxyl groups is 1. The van der Waals surface area contributed by atoms with E-state index in [0.29, 0.717) is 0 Å².